The van der Waals surface area contributed by atoms with Gasteiger partial charge < -0.3 is 15.8 Å². The Kier molecular flexibility index (Phi) is 6.42. The van der Waals surface area contributed by atoms with Crippen LogP contribution in [0.2, 0.25) is 10.0 Å². The summed E-state index contributed by atoms with van der Waals surface area (Å²) < 4.78 is 5.82. The summed E-state index contributed by atoms with van der Waals surface area (Å²) in [5.41, 5.74) is 8.22. The average Bonchev–Trinajstić information content (AvgIpc) is 3.14. The maximum Gasteiger partial charge on any atom is 0.206 e. The number of carbonyl (C=O) groups excluding carboxylic acids is 1. The number of ketones is 1. The molecule has 1 heterocycles. The van der Waals surface area contributed by atoms with Crippen molar-refractivity contribution < 1.29 is 9.53 Å². The number of anilines is 3. The first-order chi connectivity index (χ1) is 15.0. The van der Waals surface area contributed by atoms with Crippen LogP contribution in [0.1, 0.15) is 20.8 Å². The zero-order chi connectivity index (χ0) is 21.8. The highest BCUT2D eigenvalue weighted by molar-refractivity contribution is 7.18. The molecule has 0 saturated heterocycles. The lowest BCUT2D eigenvalue weighted by Crippen LogP contribution is -2.03. The fourth-order valence-electron chi connectivity index (χ4n) is 2.85. The van der Waals surface area contributed by atoms with Crippen LogP contribution >= 0.6 is 34.5 Å². The summed E-state index contributed by atoms with van der Waals surface area (Å²) in [4.78, 5) is 17.7. The third kappa shape index (κ3) is 5.17. The number of hydrogen-bond acceptors (Lipinski definition) is 6. The number of nitrogens with zero attached hydrogens (tertiary/aromatic N) is 1. The van der Waals surface area contributed by atoms with Crippen LogP contribution in [0.25, 0.3) is 0 Å². The third-order valence-corrected chi connectivity index (χ3v) is 6.09. The lowest BCUT2D eigenvalue weighted by molar-refractivity contribution is 0.104. The Morgan fingerprint density at radius 3 is 2.58 bits per heavy atom. The molecule has 0 bridgehead atoms. The van der Waals surface area contributed by atoms with Crippen molar-refractivity contribution >= 4 is 57.0 Å². The van der Waals surface area contributed by atoms with E-state index in [1.165, 1.54) is 11.3 Å². The van der Waals surface area contributed by atoms with Crippen molar-refractivity contribution in [2.24, 2.45) is 0 Å². The summed E-state index contributed by atoms with van der Waals surface area (Å²) in [6.45, 7) is 0.294. The fourth-order valence-corrected chi connectivity index (χ4v) is 4.04. The summed E-state index contributed by atoms with van der Waals surface area (Å²) in [5.74, 6) is 0.536. The van der Waals surface area contributed by atoms with E-state index in [-0.39, 0.29) is 11.6 Å². The van der Waals surface area contributed by atoms with Gasteiger partial charge in [-0.25, -0.2) is 4.98 Å². The van der Waals surface area contributed by atoms with E-state index >= 15 is 0 Å². The monoisotopic (exact) mass is 469 g/mol. The Morgan fingerprint density at radius 1 is 1.00 bits per heavy atom. The molecule has 0 atom stereocenters. The Bertz CT molecular complexity index is 1230. The minimum absolute atomic E-state index is 0.190. The molecule has 4 rings (SSSR count). The number of nitrogens with one attached hydrogen (secondary N) is 1. The van der Waals surface area contributed by atoms with E-state index in [4.69, 9.17) is 33.7 Å². The molecule has 0 aliphatic heterocycles. The summed E-state index contributed by atoms with van der Waals surface area (Å²) in [5, 5.41) is 4.67. The first-order valence-electron chi connectivity index (χ1n) is 9.29. The lowest BCUT2D eigenvalue weighted by atomic mass is 10.1. The van der Waals surface area contributed by atoms with Gasteiger partial charge in [-0.1, -0.05) is 70.9 Å². The number of thiazole rings is 1. The van der Waals surface area contributed by atoms with Gasteiger partial charge in [0.1, 0.15) is 23.1 Å². The molecular formula is C23H17Cl2N3O2S. The van der Waals surface area contributed by atoms with Crippen molar-refractivity contribution in [3.05, 3.63) is 98.8 Å². The van der Waals surface area contributed by atoms with Crippen LogP contribution in [-0.4, -0.2) is 10.8 Å². The van der Waals surface area contributed by atoms with E-state index < -0.39 is 0 Å². The highest BCUT2D eigenvalue weighted by atomic mass is 35.5. The Balaban J connectivity index is 1.48. The molecule has 0 amide bonds. The van der Waals surface area contributed by atoms with Crippen LogP contribution < -0.4 is 15.8 Å². The molecule has 0 radical (unpaired) electrons. The molecule has 3 aromatic carbocycles. The molecule has 5 nitrogen and oxygen atoms in total. The zero-order valence-corrected chi connectivity index (χ0v) is 18.5. The molecule has 0 aliphatic carbocycles. The first kappa shape index (κ1) is 21.2. The maximum atomic E-state index is 13.0. The number of benzene rings is 3. The largest absolute Gasteiger partial charge is 0.489 e. The molecule has 1 aromatic heterocycles. The molecule has 3 N–H and O–H groups in total. The van der Waals surface area contributed by atoms with E-state index in [1.54, 1.807) is 36.4 Å². The minimum Gasteiger partial charge on any atom is -0.489 e. The van der Waals surface area contributed by atoms with Crippen LogP contribution in [0.3, 0.4) is 0 Å². The van der Waals surface area contributed by atoms with Gasteiger partial charge in [-0.15, -0.1) is 0 Å². The quantitative estimate of drug-likeness (QED) is 0.298. The molecule has 8 heteroatoms. The fraction of sp³-hybridized carbons (Fsp3) is 0.0435. The molecule has 4 aromatic rings. The summed E-state index contributed by atoms with van der Waals surface area (Å²) in [6.07, 6.45) is 0. The van der Waals surface area contributed by atoms with E-state index in [0.717, 1.165) is 11.3 Å². The number of para-hydroxylation sites is 1. The number of nitrogen functional groups attached to an aromatic ring is 1. The first-order valence-corrected chi connectivity index (χ1v) is 10.9. The van der Waals surface area contributed by atoms with Crippen molar-refractivity contribution in [1.29, 1.82) is 0 Å². The van der Waals surface area contributed by atoms with Gasteiger partial charge in [0.2, 0.25) is 5.78 Å². The second-order valence-corrected chi connectivity index (χ2v) is 8.43. The second-order valence-electron chi connectivity index (χ2n) is 6.62. The Labute approximate surface area is 193 Å². The predicted molar refractivity (Wildman–Crippen MR) is 127 cm³/mol. The lowest BCUT2D eigenvalue weighted by Gasteiger charge is -2.08. The van der Waals surface area contributed by atoms with Crippen LogP contribution in [0.15, 0.2) is 72.8 Å². The normalized spacial score (nSPS) is 10.6. The molecule has 0 saturated carbocycles. The van der Waals surface area contributed by atoms with Crippen LogP contribution in [0, 0.1) is 0 Å². The van der Waals surface area contributed by atoms with Crippen LogP contribution in [0.5, 0.6) is 5.75 Å². The van der Waals surface area contributed by atoms with Gasteiger partial charge in [0.05, 0.1) is 10.0 Å². The van der Waals surface area contributed by atoms with Gasteiger partial charge in [0, 0.05) is 11.3 Å². The zero-order valence-electron chi connectivity index (χ0n) is 16.1. The number of carbonyl (C=O) groups is 1. The number of ether oxygens (including phenoxy) is 1. The SMILES string of the molecule is Nc1nc(Nc2ccccc2)sc1C(=O)c1cccc(OCc2ccc(Cl)c(Cl)c2)c1. The highest BCUT2D eigenvalue weighted by Crippen LogP contribution is 2.30. The Morgan fingerprint density at radius 2 is 1.81 bits per heavy atom. The van der Waals surface area contributed by atoms with Crippen molar-refractivity contribution in [2.75, 3.05) is 11.1 Å². The number of rotatable bonds is 7. The van der Waals surface area contributed by atoms with E-state index in [1.807, 2.05) is 36.4 Å². The second kappa shape index (κ2) is 9.39. The number of aromatic nitrogens is 1. The van der Waals surface area contributed by atoms with Crippen molar-refractivity contribution in [2.45, 2.75) is 6.61 Å². The number of halogens is 2. The smallest absolute Gasteiger partial charge is 0.206 e. The standard InChI is InChI=1S/C23H17Cl2N3O2S/c24-18-10-9-14(11-19(18)25)13-30-17-8-4-5-15(12-17)20(29)21-22(26)28-23(31-21)27-16-6-2-1-3-7-16/h1-12H,13,26H2,(H,27,28). The van der Waals surface area contributed by atoms with Gasteiger partial charge in [-0.3, -0.25) is 4.79 Å². The van der Waals surface area contributed by atoms with E-state index in [0.29, 0.717) is 38.0 Å². The minimum atomic E-state index is -0.212. The maximum absolute atomic E-state index is 13.0. The van der Waals surface area contributed by atoms with E-state index in [2.05, 4.69) is 10.3 Å². The van der Waals surface area contributed by atoms with Gasteiger partial charge in [0.25, 0.3) is 0 Å². The predicted octanol–water partition coefficient (Wildman–Crippen LogP) is 6.59. The molecule has 0 spiro atoms. The molecule has 0 fully saturated rings. The van der Waals surface area contributed by atoms with Crippen molar-refractivity contribution in [3.63, 3.8) is 0 Å². The molecule has 0 aliphatic rings. The summed E-state index contributed by atoms with van der Waals surface area (Å²) >= 11 is 13.2. The topological polar surface area (TPSA) is 77.2 Å². The molecule has 31 heavy (non-hydrogen) atoms. The average molecular weight is 470 g/mol. The molecule has 0 unspecified atom stereocenters. The number of nitrogens with two attached hydrogens (primary N) is 1. The Hall–Kier alpha value is -3.06. The van der Waals surface area contributed by atoms with Gasteiger partial charge >= 0.3 is 0 Å². The van der Waals surface area contributed by atoms with E-state index in [9.17, 15) is 4.79 Å². The van der Waals surface area contributed by atoms with Crippen molar-refractivity contribution in [3.8, 4) is 5.75 Å². The van der Waals surface area contributed by atoms with Crippen LogP contribution in [-0.2, 0) is 6.61 Å². The summed E-state index contributed by atoms with van der Waals surface area (Å²) in [6, 6.07) is 21.8. The van der Waals surface area contributed by atoms with Crippen LogP contribution in [0.4, 0.5) is 16.6 Å². The summed E-state index contributed by atoms with van der Waals surface area (Å²) in [7, 11) is 0. The highest BCUT2D eigenvalue weighted by Gasteiger charge is 2.18. The van der Waals surface area contributed by atoms with Gasteiger partial charge in [0.15, 0.2) is 5.13 Å². The van der Waals surface area contributed by atoms with Gasteiger partial charge in [-0.2, -0.15) is 0 Å². The number of hydrogen-bond donors (Lipinski definition) is 2. The molecular weight excluding hydrogens is 453 g/mol. The molecule has 156 valence electrons. The third-order valence-electron chi connectivity index (χ3n) is 4.37. The van der Waals surface area contributed by atoms with Crippen molar-refractivity contribution in [1.82, 2.24) is 4.98 Å². The van der Waals surface area contributed by atoms with Gasteiger partial charge in [-0.05, 0) is 42.0 Å².